The molecule has 3 heterocycles. The molecule has 8 nitrogen and oxygen atoms in total. The quantitative estimate of drug-likeness (QED) is 0.841. The van der Waals surface area contributed by atoms with E-state index >= 15 is 0 Å². The highest BCUT2D eigenvalue weighted by Crippen LogP contribution is 2.21. The summed E-state index contributed by atoms with van der Waals surface area (Å²) < 4.78 is 6.83. The Hall–Kier alpha value is -2.61. The molecule has 2 N–H and O–H groups in total. The van der Waals surface area contributed by atoms with Crippen molar-refractivity contribution in [2.75, 3.05) is 38.6 Å². The molecule has 1 amide bonds. The summed E-state index contributed by atoms with van der Waals surface area (Å²) in [6.07, 6.45) is 2.73. The molecule has 0 bridgehead atoms. The number of furan rings is 1. The zero-order chi connectivity index (χ0) is 18.0. The lowest BCUT2D eigenvalue weighted by molar-refractivity contribution is 0.0794. The van der Waals surface area contributed by atoms with Crippen molar-refractivity contribution >= 4 is 11.6 Å². The van der Waals surface area contributed by atoms with Crippen LogP contribution >= 0.6 is 0 Å². The van der Waals surface area contributed by atoms with Crippen LogP contribution in [0.3, 0.4) is 0 Å². The van der Waals surface area contributed by atoms with Crippen molar-refractivity contribution in [3.8, 4) is 0 Å². The maximum Gasteiger partial charge on any atom is 0.289 e. The summed E-state index contributed by atoms with van der Waals surface area (Å²) >= 11 is 0. The van der Waals surface area contributed by atoms with Gasteiger partial charge in [0, 0.05) is 33.3 Å². The van der Waals surface area contributed by atoms with Crippen LogP contribution < -0.4 is 16.2 Å². The molecule has 1 fully saturated rings. The maximum atomic E-state index is 12.3. The van der Waals surface area contributed by atoms with Crippen molar-refractivity contribution in [2.45, 2.75) is 13.0 Å². The number of nitrogens with zero attached hydrogens (tertiary/aromatic N) is 4. The Morgan fingerprint density at radius 1 is 1.44 bits per heavy atom. The minimum absolute atomic E-state index is 0.186. The highest BCUT2D eigenvalue weighted by Gasteiger charge is 2.22. The lowest BCUT2D eigenvalue weighted by Gasteiger charge is -2.18. The number of rotatable bonds is 5. The molecule has 0 saturated carbocycles. The average molecular weight is 345 g/mol. The van der Waals surface area contributed by atoms with E-state index in [4.69, 9.17) is 10.2 Å². The molecule has 0 aliphatic carbocycles. The Labute approximate surface area is 145 Å². The summed E-state index contributed by atoms with van der Waals surface area (Å²) in [5.41, 5.74) is 6.33. The molecule has 0 unspecified atom stereocenters. The van der Waals surface area contributed by atoms with E-state index in [0.29, 0.717) is 18.2 Å². The summed E-state index contributed by atoms with van der Waals surface area (Å²) in [6, 6.07) is 4.88. The van der Waals surface area contributed by atoms with Gasteiger partial charge in [0.2, 0.25) is 0 Å². The first kappa shape index (κ1) is 17.2. The third kappa shape index (κ3) is 3.74. The Morgan fingerprint density at radius 2 is 2.24 bits per heavy atom. The van der Waals surface area contributed by atoms with Crippen LogP contribution in [-0.2, 0) is 6.54 Å². The molecule has 1 aliphatic heterocycles. The van der Waals surface area contributed by atoms with Crippen molar-refractivity contribution in [3.05, 3.63) is 46.3 Å². The lowest BCUT2D eigenvalue weighted by atomic mass is 10.1. The Morgan fingerprint density at radius 3 is 2.88 bits per heavy atom. The van der Waals surface area contributed by atoms with Crippen LogP contribution in [0.25, 0.3) is 0 Å². The standard InChI is InChI=1S/C17H23N5O3/c1-20(2)17(24)15-4-3-14(25-15)11-22-16(23)7-13(9-19-22)21-6-5-12(8-18)10-21/h3-4,7,9,12H,5-6,8,10-11,18H2,1-2H3/t12-/m1/s1. The van der Waals surface area contributed by atoms with E-state index in [-0.39, 0.29) is 23.8 Å². The van der Waals surface area contributed by atoms with Crippen LogP contribution in [0, 0.1) is 5.92 Å². The molecule has 1 atom stereocenters. The van der Waals surface area contributed by atoms with Gasteiger partial charge in [-0.1, -0.05) is 0 Å². The van der Waals surface area contributed by atoms with Crippen molar-refractivity contribution in [1.82, 2.24) is 14.7 Å². The van der Waals surface area contributed by atoms with Crippen molar-refractivity contribution in [3.63, 3.8) is 0 Å². The van der Waals surface area contributed by atoms with E-state index in [1.54, 1.807) is 38.5 Å². The van der Waals surface area contributed by atoms with Gasteiger partial charge in [-0.15, -0.1) is 0 Å². The Kier molecular flexibility index (Phi) is 4.89. The second-order valence-corrected chi connectivity index (χ2v) is 6.51. The Bertz CT molecular complexity index is 811. The molecule has 1 aliphatic rings. The Balaban J connectivity index is 1.72. The van der Waals surface area contributed by atoms with Gasteiger partial charge in [-0.05, 0) is 31.0 Å². The molecule has 2 aromatic heterocycles. The summed E-state index contributed by atoms with van der Waals surface area (Å²) in [5.74, 6) is 1.01. The van der Waals surface area contributed by atoms with Gasteiger partial charge < -0.3 is 20.0 Å². The highest BCUT2D eigenvalue weighted by atomic mass is 16.4. The SMILES string of the molecule is CN(C)C(=O)c1ccc(Cn2ncc(N3CC[C@H](CN)C3)cc2=O)o1. The number of carbonyl (C=O) groups excluding carboxylic acids is 1. The average Bonchev–Trinajstić information content (AvgIpc) is 3.25. The minimum Gasteiger partial charge on any atom is -0.454 e. The van der Waals surface area contributed by atoms with E-state index in [2.05, 4.69) is 10.00 Å². The molecule has 134 valence electrons. The predicted molar refractivity (Wildman–Crippen MR) is 93.7 cm³/mol. The first-order valence-electron chi connectivity index (χ1n) is 8.30. The topological polar surface area (TPSA) is 97.6 Å². The zero-order valence-electron chi connectivity index (χ0n) is 14.5. The molecular formula is C17H23N5O3. The second kappa shape index (κ2) is 7.10. The molecule has 0 spiro atoms. The molecular weight excluding hydrogens is 322 g/mol. The number of hydrogen-bond acceptors (Lipinski definition) is 6. The maximum absolute atomic E-state index is 12.3. The fourth-order valence-electron chi connectivity index (χ4n) is 2.92. The smallest absolute Gasteiger partial charge is 0.289 e. The van der Waals surface area contributed by atoms with Gasteiger partial charge in [-0.25, -0.2) is 4.68 Å². The number of anilines is 1. The van der Waals surface area contributed by atoms with E-state index < -0.39 is 0 Å². The van der Waals surface area contributed by atoms with Gasteiger partial charge in [-0.3, -0.25) is 9.59 Å². The molecule has 0 aromatic carbocycles. The van der Waals surface area contributed by atoms with Crippen LogP contribution in [-0.4, -0.2) is 54.3 Å². The van der Waals surface area contributed by atoms with Gasteiger partial charge >= 0.3 is 0 Å². The molecule has 3 rings (SSSR count). The van der Waals surface area contributed by atoms with E-state index in [1.807, 2.05) is 0 Å². The molecule has 25 heavy (non-hydrogen) atoms. The van der Waals surface area contributed by atoms with E-state index in [1.165, 1.54) is 9.58 Å². The summed E-state index contributed by atoms with van der Waals surface area (Å²) in [4.78, 5) is 27.8. The van der Waals surface area contributed by atoms with Crippen LogP contribution in [0.5, 0.6) is 0 Å². The number of carbonyl (C=O) groups is 1. The van der Waals surface area contributed by atoms with E-state index in [9.17, 15) is 9.59 Å². The molecule has 2 aromatic rings. The fourth-order valence-corrected chi connectivity index (χ4v) is 2.92. The molecule has 8 heteroatoms. The number of aromatic nitrogens is 2. The van der Waals surface area contributed by atoms with Crippen LogP contribution in [0.1, 0.15) is 22.7 Å². The first-order valence-corrected chi connectivity index (χ1v) is 8.30. The summed E-state index contributed by atoms with van der Waals surface area (Å²) in [7, 11) is 3.31. The van der Waals surface area contributed by atoms with Crippen LogP contribution in [0.4, 0.5) is 5.69 Å². The predicted octanol–water partition coefficient (Wildman–Crippen LogP) is 0.371. The summed E-state index contributed by atoms with van der Waals surface area (Å²) in [5, 5.41) is 4.23. The van der Waals surface area contributed by atoms with Crippen molar-refractivity contribution < 1.29 is 9.21 Å². The van der Waals surface area contributed by atoms with E-state index in [0.717, 1.165) is 25.2 Å². The number of nitrogens with two attached hydrogens (primary N) is 1. The molecule has 0 radical (unpaired) electrons. The summed E-state index contributed by atoms with van der Waals surface area (Å²) in [6.45, 7) is 2.59. The normalized spacial score (nSPS) is 17.1. The second-order valence-electron chi connectivity index (χ2n) is 6.51. The largest absolute Gasteiger partial charge is 0.454 e. The van der Waals surface area contributed by atoms with Crippen LogP contribution in [0.15, 0.2) is 33.6 Å². The van der Waals surface area contributed by atoms with Gasteiger partial charge in [0.05, 0.1) is 11.9 Å². The lowest BCUT2D eigenvalue weighted by Crippen LogP contribution is -2.27. The molecule has 1 saturated heterocycles. The zero-order valence-corrected chi connectivity index (χ0v) is 14.5. The number of amides is 1. The van der Waals surface area contributed by atoms with Gasteiger partial charge in [0.1, 0.15) is 12.3 Å². The third-order valence-corrected chi connectivity index (χ3v) is 4.42. The first-order chi connectivity index (χ1) is 12.0. The van der Waals surface area contributed by atoms with Crippen molar-refractivity contribution in [2.24, 2.45) is 11.7 Å². The monoisotopic (exact) mass is 345 g/mol. The van der Waals surface area contributed by atoms with Crippen molar-refractivity contribution in [1.29, 1.82) is 0 Å². The van der Waals surface area contributed by atoms with Gasteiger partial charge in [-0.2, -0.15) is 5.10 Å². The van der Waals surface area contributed by atoms with Gasteiger partial charge in [0.25, 0.3) is 11.5 Å². The van der Waals surface area contributed by atoms with Gasteiger partial charge in [0.15, 0.2) is 5.76 Å². The van der Waals surface area contributed by atoms with Crippen LogP contribution in [0.2, 0.25) is 0 Å². The fraction of sp³-hybridized carbons (Fsp3) is 0.471. The number of hydrogen-bond donors (Lipinski definition) is 1. The minimum atomic E-state index is -0.217. The third-order valence-electron chi connectivity index (χ3n) is 4.42. The highest BCUT2D eigenvalue weighted by molar-refractivity contribution is 5.91.